The summed E-state index contributed by atoms with van der Waals surface area (Å²) >= 11 is 0. The molecule has 4 N–H and O–H groups in total. The number of nitrogens with two attached hydrogens (primary N) is 1. The number of aliphatic imine (C=N–C) groups is 2. The van der Waals surface area contributed by atoms with Crippen LogP contribution >= 0.6 is 0 Å². The Kier molecular flexibility index (Phi) is 7.42. The highest BCUT2D eigenvalue weighted by Gasteiger charge is 2.63. The average Bonchev–Trinajstić information content (AvgIpc) is 3.45. The summed E-state index contributed by atoms with van der Waals surface area (Å²) in [4.78, 5) is 10.8. The highest BCUT2D eigenvalue weighted by molar-refractivity contribution is 5.86. The molecule has 0 spiro atoms. The second-order valence-electron chi connectivity index (χ2n) is 16.5. The van der Waals surface area contributed by atoms with E-state index in [0.717, 1.165) is 17.8 Å². The van der Waals surface area contributed by atoms with Crippen LogP contribution in [-0.2, 0) is 0 Å². The molecule has 0 aromatic heterocycles. The standard InChI is InChI=1S/C34H60N6/c1-31(2)23-17-19-33(31,5)27(21-23)37-30(38-28-22-24-18-20-34(28,6)32(24,3)4)40(26-15-11-8-12-16-26)39-29(35)36-25-13-9-7-10-14-25/h23-28H,7-22H2,1-6H3,(H,37,38)(H3,35,36,39). The summed E-state index contributed by atoms with van der Waals surface area (Å²) in [6.45, 7) is 15.2. The van der Waals surface area contributed by atoms with Gasteiger partial charge in [-0.25, -0.2) is 9.98 Å². The molecule has 0 heterocycles. The molecule has 6 aliphatic rings. The summed E-state index contributed by atoms with van der Waals surface area (Å²) in [5.74, 6) is 3.23. The van der Waals surface area contributed by atoms with Gasteiger partial charge >= 0.3 is 0 Å². The first-order valence-electron chi connectivity index (χ1n) is 17.2. The van der Waals surface area contributed by atoms with E-state index in [9.17, 15) is 0 Å². The molecule has 6 nitrogen and oxygen atoms in total. The molecule has 4 bridgehead atoms. The van der Waals surface area contributed by atoms with Crippen LogP contribution in [0.15, 0.2) is 9.98 Å². The van der Waals surface area contributed by atoms with E-state index in [1.54, 1.807) is 0 Å². The molecule has 6 fully saturated rings. The van der Waals surface area contributed by atoms with Gasteiger partial charge < -0.3 is 11.1 Å². The van der Waals surface area contributed by atoms with Crippen molar-refractivity contribution in [2.45, 2.75) is 168 Å². The van der Waals surface area contributed by atoms with Crippen molar-refractivity contribution in [3.63, 3.8) is 0 Å². The maximum absolute atomic E-state index is 6.74. The molecule has 6 rings (SSSR count). The van der Waals surface area contributed by atoms with Crippen LogP contribution in [0.5, 0.6) is 0 Å². The van der Waals surface area contributed by atoms with E-state index in [1.807, 2.05) is 0 Å². The van der Waals surface area contributed by atoms with Gasteiger partial charge in [-0.1, -0.05) is 80.1 Å². The predicted molar refractivity (Wildman–Crippen MR) is 167 cm³/mol. The summed E-state index contributed by atoms with van der Waals surface area (Å²) in [6, 6.07) is 1.56. The monoisotopic (exact) mass is 552 g/mol. The van der Waals surface area contributed by atoms with E-state index in [0.29, 0.717) is 41.0 Å². The van der Waals surface area contributed by atoms with Gasteiger partial charge in [-0.15, -0.1) is 0 Å². The zero-order valence-corrected chi connectivity index (χ0v) is 26.7. The summed E-state index contributed by atoms with van der Waals surface area (Å²) in [6.07, 6.45) is 20.3. The molecule has 0 saturated heterocycles. The van der Waals surface area contributed by atoms with Gasteiger partial charge in [0.2, 0.25) is 11.9 Å². The first kappa shape index (κ1) is 28.6. The minimum Gasteiger partial charge on any atom is -0.369 e. The van der Waals surface area contributed by atoms with Crippen LogP contribution in [0.4, 0.5) is 0 Å². The number of guanidine groups is 2. The van der Waals surface area contributed by atoms with Crippen LogP contribution in [0, 0.1) is 33.5 Å². The van der Waals surface area contributed by atoms with Crippen molar-refractivity contribution >= 4 is 11.9 Å². The number of nitrogens with zero attached hydrogens (tertiary/aromatic N) is 3. The van der Waals surface area contributed by atoms with Crippen molar-refractivity contribution < 1.29 is 0 Å². The predicted octanol–water partition coefficient (Wildman–Crippen LogP) is 7.15. The lowest BCUT2D eigenvalue weighted by molar-refractivity contribution is 0.121. The molecular formula is C34H60N6. The fourth-order valence-electron chi connectivity index (χ4n) is 10.5. The lowest BCUT2D eigenvalue weighted by atomic mass is 9.69. The SMILES string of the molecule is CC1(C)C2CCC1(C)C(N=C(NC1CC3CCC1(C)C3(C)C)N(NC(N)=NC1CCCCC1)C1CCCCC1)C2. The normalized spacial score (nSPS) is 41.5. The topological polar surface area (TPSA) is 78.0 Å². The Morgan fingerprint density at radius 3 is 1.80 bits per heavy atom. The second kappa shape index (κ2) is 10.4. The highest BCUT2D eigenvalue weighted by Crippen LogP contribution is 2.67. The Balaban J connectivity index is 1.34. The highest BCUT2D eigenvalue weighted by atomic mass is 15.6. The Bertz CT molecular complexity index is 988. The van der Waals surface area contributed by atoms with E-state index >= 15 is 0 Å². The van der Waals surface area contributed by atoms with Gasteiger partial charge in [0.1, 0.15) is 0 Å². The van der Waals surface area contributed by atoms with E-state index < -0.39 is 0 Å². The maximum Gasteiger partial charge on any atom is 0.213 e. The molecule has 226 valence electrons. The first-order valence-corrected chi connectivity index (χ1v) is 17.2. The first-order chi connectivity index (χ1) is 19.0. The van der Waals surface area contributed by atoms with Gasteiger partial charge in [-0.2, -0.15) is 0 Å². The summed E-state index contributed by atoms with van der Waals surface area (Å²) < 4.78 is 0. The maximum atomic E-state index is 6.74. The molecule has 6 unspecified atom stereocenters. The molecule has 0 aromatic rings. The zero-order chi connectivity index (χ0) is 28.3. The van der Waals surface area contributed by atoms with Gasteiger partial charge in [-0.05, 0) is 97.7 Å². The lowest BCUT2D eigenvalue weighted by Gasteiger charge is -2.44. The van der Waals surface area contributed by atoms with Crippen LogP contribution in [0.1, 0.15) is 144 Å². The van der Waals surface area contributed by atoms with Crippen LogP contribution < -0.4 is 16.5 Å². The lowest BCUT2D eigenvalue weighted by Crippen LogP contribution is -2.62. The third-order valence-corrected chi connectivity index (χ3v) is 14.4. The molecule has 6 saturated carbocycles. The number of hydrogen-bond donors (Lipinski definition) is 3. The molecule has 0 amide bonds. The van der Waals surface area contributed by atoms with E-state index in [4.69, 9.17) is 15.7 Å². The van der Waals surface area contributed by atoms with Gasteiger partial charge in [0.25, 0.3) is 0 Å². The Morgan fingerprint density at radius 1 is 0.700 bits per heavy atom. The smallest absolute Gasteiger partial charge is 0.213 e. The van der Waals surface area contributed by atoms with Crippen LogP contribution in [0.2, 0.25) is 0 Å². The van der Waals surface area contributed by atoms with Crippen molar-refractivity contribution in [2.24, 2.45) is 49.2 Å². The molecule has 0 radical (unpaired) electrons. The average molecular weight is 553 g/mol. The van der Waals surface area contributed by atoms with Crippen LogP contribution in [0.3, 0.4) is 0 Å². The molecule has 40 heavy (non-hydrogen) atoms. The third kappa shape index (κ3) is 4.57. The Morgan fingerprint density at radius 2 is 1.27 bits per heavy atom. The largest absolute Gasteiger partial charge is 0.369 e. The summed E-state index contributed by atoms with van der Waals surface area (Å²) in [5, 5.41) is 6.58. The van der Waals surface area contributed by atoms with Crippen molar-refractivity contribution in [3.05, 3.63) is 0 Å². The second-order valence-corrected chi connectivity index (χ2v) is 16.5. The molecule has 6 heteroatoms. The minimum atomic E-state index is 0.252. The third-order valence-electron chi connectivity index (χ3n) is 14.4. The Labute approximate surface area is 245 Å². The minimum absolute atomic E-state index is 0.252. The van der Waals surface area contributed by atoms with E-state index in [-0.39, 0.29) is 10.8 Å². The van der Waals surface area contributed by atoms with Gasteiger partial charge in [0.15, 0.2) is 0 Å². The molecule has 6 aliphatic carbocycles. The molecule has 0 aliphatic heterocycles. The molecular weight excluding hydrogens is 492 g/mol. The number of hydrazine groups is 1. The molecule has 0 aromatic carbocycles. The number of hydrogen-bond acceptors (Lipinski definition) is 2. The van der Waals surface area contributed by atoms with Gasteiger partial charge in [0.05, 0.1) is 18.1 Å². The summed E-state index contributed by atoms with van der Waals surface area (Å²) in [7, 11) is 0. The van der Waals surface area contributed by atoms with Crippen molar-refractivity contribution in [3.8, 4) is 0 Å². The van der Waals surface area contributed by atoms with Crippen LogP contribution in [-0.4, -0.2) is 41.1 Å². The fraction of sp³-hybridized carbons (Fsp3) is 0.941. The number of fused-ring (bicyclic) bond motifs is 4. The fourth-order valence-corrected chi connectivity index (χ4v) is 10.5. The van der Waals surface area contributed by atoms with Crippen LogP contribution in [0.25, 0.3) is 0 Å². The zero-order valence-electron chi connectivity index (χ0n) is 26.7. The number of nitrogens with one attached hydrogen (secondary N) is 2. The quantitative estimate of drug-likeness (QED) is 0.197. The van der Waals surface area contributed by atoms with Crippen molar-refractivity contribution in [2.75, 3.05) is 0 Å². The Hall–Kier alpha value is -1.46. The van der Waals surface area contributed by atoms with Crippen molar-refractivity contribution in [1.82, 2.24) is 15.8 Å². The van der Waals surface area contributed by atoms with Gasteiger partial charge in [-0.3, -0.25) is 10.4 Å². The van der Waals surface area contributed by atoms with E-state index in [1.165, 1.54) is 103 Å². The van der Waals surface area contributed by atoms with Crippen molar-refractivity contribution in [1.29, 1.82) is 0 Å². The van der Waals surface area contributed by atoms with Gasteiger partial charge in [0, 0.05) is 6.04 Å². The molecule has 6 atom stereocenters. The number of rotatable bonds is 4. The van der Waals surface area contributed by atoms with E-state index in [2.05, 4.69) is 57.3 Å². The summed E-state index contributed by atoms with van der Waals surface area (Å²) in [5.41, 5.74) is 11.7.